The number of hydrogen-bond donors (Lipinski definition) is 2. The van der Waals surface area contributed by atoms with Crippen LogP contribution >= 0.6 is 0 Å². The molecule has 2 aliphatic rings. The maximum atomic E-state index is 13.2. The van der Waals surface area contributed by atoms with Crippen LogP contribution in [0.5, 0.6) is 0 Å². The van der Waals surface area contributed by atoms with Gasteiger partial charge in [-0.25, -0.2) is 0 Å². The number of hydrogen-bond acceptors (Lipinski definition) is 4. The number of carbonyl (C=O) groups excluding carboxylic acids is 2. The van der Waals surface area contributed by atoms with Crippen LogP contribution in [0, 0.1) is 6.92 Å². The first-order chi connectivity index (χ1) is 12.5. The smallest absolute Gasteiger partial charge is 0.269 e. The van der Waals surface area contributed by atoms with Crippen LogP contribution in [-0.2, 0) is 12.8 Å². The van der Waals surface area contributed by atoms with E-state index in [0.29, 0.717) is 6.54 Å². The Morgan fingerprint density at radius 3 is 2.88 bits per heavy atom. The molecule has 1 saturated heterocycles. The Kier molecular flexibility index (Phi) is 4.30. The molecule has 0 radical (unpaired) electrons. The molecule has 1 fully saturated rings. The second kappa shape index (κ2) is 6.63. The number of aryl methyl sites for hydroxylation is 2. The van der Waals surface area contributed by atoms with Crippen molar-refractivity contribution in [3.05, 3.63) is 40.1 Å². The van der Waals surface area contributed by atoms with E-state index in [2.05, 4.69) is 10.2 Å². The second-order valence-corrected chi connectivity index (χ2v) is 7.31. The highest BCUT2D eigenvalue weighted by Crippen LogP contribution is 2.32. The van der Waals surface area contributed by atoms with E-state index in [1.165, 1.54) is 0 Å². The van der Waals surface area contributed by atoms with E-state index in [-0.39, 0.29) is 17.5 Å². The minimum absolute atomic E-state index is 0.0636. The Balaban J connectivity index is 1.55. The number of H-pyrrole nitrogens is 1. The molecule has 0 unspecified atom stereocenters. The number of piperidine rings is 1. The Labute approximate surface area is 151 Å². The van der Waals surface area contributed by atoms with Gasteiger partial charge in [0.1, 0.15) is 17.2 Å². The van der Waals surface area contributed by atoms with E-state index < -0.39 is 5.91 Å². The average Bonchev–Trinajstić information content (AvgIpc) is 3.25. The van der Waals surface area contributed by atoms with Crippen molar-refractivity contribution >= 4 is 11.8 Å². The molecule has 3 heterocycles. The van der Waals surface area contributed by atoms with E-state index in [1.54, 1.807) is 6.07 Å². The van der Waals surface area contributed by atoms with Crippen molar-refractivity contribution in [2.45, 2.75) is 51.4 Å². The van der Waals surface area contributed by atoms with Crippen LogP contribution < -0.4 is 5.73 Å². The molecule has 3 N–H and O–H groups in total. The van der Waals surface area contributed by atoms with Gasteiger partial charge >= 0.3 is 0 Å². The van der Waals surface area contributed by atoms with E-state index in [1.807, 2.05) is 11.8 Å². The minimum atomic E-state index is -0.545. The molecular weight excluding hydrogens is 332 g/mol. The number of fused-ring (bicyclic) bond motifs is 1. The summed E-state index contributed by atoms with van der Waals surface area (Å²) in [6.45, 7) is 3.24. The van der Waals surface area contributed by atoms with Crippen LogP contribution in [0.2, 0.25) is 0 Å². The number of furan rings is 1. The lowest BCUT2D eigenvalue weighted by molar-refractivity contribution is 0.0702. The van der Waals surface area contributed by atoms with Gasteiger partial charge in [0.2, 0.25) is 0 Å². The van der Waals surface area contributed by atoms with Crippen LogP contribution in [0.25, 0.3) is 0 Å². The molecule has 0 saturated carbocycles. The van der Waals surface area contributed by atoms with Crippen LogP contribution in [0.4, 0.5) is 0 Å². The molecule has 0 spiro atoms. The van der Waals surface area contributed by atoms with Crippen molar-refractivity contribution in [1.82, 2.24) is 15.1 Å². The summed E-state index contributed by atoms with van der Waals surface area (Å²) in [5.41, 5.74) is 8.26. The summed E-state index contributed by atoms with van der Waals surface area (Å²) in [7, 11) is 0. The first-order valence-corrected chi connectivity index (χ1v) is 9.30. The van der Waals surface area contributed by atoms with E-state index in [9.17, 15) is 9.59 Å². The third kappa shape index (κ3) is 2.91. The Bertz CT molecular complexity index is 851. The topological polar surface area (TPSA) is 105 Å². The van der Waals surface area contributed by atoms with Gasteiger partial charge in [-0.2, -0.15) is 5.10 Å². The SMILES string of the molecule is Cc1oc2c(c1C(=O)N1CCC[C@@H](c3cc(C(N)=O)n[nH]3)C1)CCCC2. The van der Waals surface area contributed by atoms with Crippen molar-refractivity contribution in [3.8, 4) is 0 Å². The third-order valence-electron chi connectivity index (χ3n) is 5.56. The Hall–Kier alpha value is -2.57. The molecule has 2 aromatic rings. The molecule has 7 nitrogen and oxygen atoms in total. The van der Waals surface area contributed by atoms with E-state index in [4.69, 9.17) is 10.2 Å². The first kappa shape index (κ1) is 16.9. The average molecular weight is 356 g/mol. The number of likely N-dealkylation sites (tertiary alicyclic amines) is 1. The van der Waals surface area contributed by atoms with Crippen LogP contribution in [0.3, 0.4) is 0 Å². The van der Waals surface area contributed by atoms with Gasteiger partial charge in [-0.1, -0.05) is 0 Å². The predicted octanol–water partition coefficient (Wildman–Crippen LogP) is 2.31. The van der Waals surface area contributed by atoms with Gasteiger partial charge in [0.15, 0.2) is 0 Å². The maximum absolute atomic E-state index is 13.2. The van der Waals surface area contributed by atoms with Crippen molar-refractivity contribution in [1.29, 1.82) is 0 Å². The van der Waals surface area contributed by atoms with Gasteiger partial charge in [0.05, 0.1) is 5.56 Å². The van der Waals surface area contributed by atoms with Crippen LogP contribution in [0.1, 0.15) is 75.2 Å². The number of nitrogens with zero attached hydrogens (tertiary/aromatic N) is 2. The second-order valence-electron chi connectivity index (χ2n) is 7.31. The third-order valence-corrected chi connectivity index (χ3v) is 5.56. The number of nitrogens with one attached hydrogen (secondary N) is 1. The van der Waals surface area contributed by atoms with Gasteiger partial charge in [0, 0.05) is 36.7 Å². The fourth-order valence-corrected chi connectivity index (χ4v) is 4.23. The number of nitrogens with two attached hydrogens (primary N) is 1. The van der Waals surface area contributed by atoms with Crippen molar-refractivity contribution in [3.63, 3.8) is 0 Å². The molecule has 2 aromatic heterocycles. The molecule has 138 valence electrons. The van der Waals surface area contributed by atoms with Crippen molar-refractivity contribution < 1.29 is 14.0 Å². The van der Waals surface area contributed by atoms with Crippen LogP contribution in [-0.4, -0.2) is 40.0 Å². The zero-order chi connectivity index (χ0) is 18.3. The van der Waals surface area contributed by atoms with E-state index >= 15 is 0 Å². The molecule has 4 rings (SSSR count). The van der Waals surface area contributed by atoms with Gasteiger partial charge in [-0.05, 0) is 45.1 Å². The van der Waals surface area contributed by atoms with E-state index in [0.717, 1.165) is 73.4 Å². The molecule has 2 amide bonds. The lowest BCUT2D eigenvalue weighted by Gasteiger charge is -2.32. The highest BCUT2D eigenvalue weighted by Gasteiger charge is 2.32. The number of aromatic amines is 1. The highest BCUT2D eigenvalue weighted by molar-refractivity contribution is 5.97. The summed E-state index contributed by atoms with van der Waals surface area (Å²) in [4.78, 5) is 26.4. The standard InChI is InChI=1S/C19H24N4O3/c1-11-17(13-6-2-3-7-16(13)26-11)19(25)23-8-4-5-12(10-23)14-9-15(18(20)24)22-21-14/h9,12H,2-8,10H2,1H3,(H2,20,24)(H,21,22)/t12-/m1/s1. The summed E-state index contributed by atoms with van der Waals surface area (Å²) in [5, 5.41) is 6.87. The number of amides is 2. The fourth-order valence-electron chi connectivity index (χ4n) is 4.23. The quantitative estimate of drug-likeness (QED) is 0.880. The number of primary amides is 1. The first-order valence-electron chi connectivity index (χ1n) is 9.30. The minimum Gasteiger partial charge on any atom is -0.465 e. The van der Waals surface area contributed by atoms with Crippen molar-refractivity contribution in [2.75, 3.05) is 13.1 Å². The lowest BCUT2D eigenvalue weighted by Crippen LogP contribution is -2.39. The summed E-state index contributed by atoms with van der Waals surface area (Å²) in [5.74, 6) is 1.38. The van der Waals surface area contributed by atoms with Gasteiger partial charge in [-0.3, -0.25) is 14.7 Å². The number of rotatable bonds is 3. The number of aromatic nitrogens is 2. The summed E-state index contributed by atoms with van der Waals surface area (Å²) >= 11 is 0. The molecule has 1 aliphatic heterocycles. The maximum Gasteiger partial charge on any atom is 0.269 e. The fraction of sp³-hybridized carbons (Fsp3) is 0.526. The Morgan fingerprint density at radius 1 is 1.31 bits per heavy atom. The zero-order valence-electron chi connectivity index (χ0n) is 15.0. The molecular formula is C19H24N4O3. The predicted molar refractivity (Wildman–Crippen MR) is 95.1 cm³/mol. The summed E-state index contributed by atoms with van der Waals surface area (Å²) < 4.78 is 5.88. The van der Waals surface area contributed by atoms with Gasteiger partial charge < -0.3 is 15.1 Å². The molecule has 1 atom stereocenters. The summed E-state index contributed by atoms with van der Waals surface area (Å²) in [6.07, 6.45) is 5.96. The summed E-state index contributed by atoms with van der Waals surface area (Å²) in [6, 6.07) is 1.70. The Morgan fingerprint density at radius 2 is 2.12 bits per heavy atom. The van der Waals surface area contributed by atoms with Crippen LogP contribution in [0.15, 0.2) is 10.5 Å². The van der Waals surface area contributed by atoms with Crippen molar-refractivity contribution in [2.24, 2.45) is 5.73 Å². The number of carbonyl (C=O) groups is 2. The zero-order valence-corrected chi connectivity index (χ0v) is 15.0. The lowest BCUT2D eigenvalue weighted by atomic mass is 9.91. The van der Waals surface area contributed by atoms with Gasteiger partial charge in [0.25, 0.3) is 11.8 Å². The molecule has 0 bridgehead atoms. The van der Waals surface area contributed by atoms with Gasteiger partial charge in [-0.15, -0.1) is 0 Å². The molecule has 7 heteroatoms. The molecule has 26 heavy (non-hydrogen) atoms. The monoisotopic (exact) mass is 356 g/mol. The molecule has 1 aliphatic carbocycles. The largest absolute Gasteiger partial charge is 0.465 e. The molecule has 0 aromatic carbocycles. The normalized spacial score (nSPS) is 20.0. The highest BCUT2D eigenvalue weighted by atomic mass is 16.3.